The first-order valence-corrected chi connectivity index (χ1v) is 7.85. The van der Waals surface area contributed by atoms with Crippen LogP contribution in [-0.2, 0) is 0 Å². The van der Waals surface area contributed by atoms with E-state index in [0.717, 1.165) is 11.1 Å². The summed E-state index contributed by atoms with van der Waals surface area (Å²) < 4.78 is 6.60. The number of fused-ring (bicyclic) bond motifs is 1. The third-order valence-electron chi connectivity index (χ3n) is 3.85. The molecule has 0 unspecified atom stereocenters. The van der Waals surface area contributed by atoms with Gasteiger partial charge in [0.25, 0.3) is 0 Å². The van der Waals surface area contributed by atoms with E-state index in [-0.39, 0.29) is 11.3 Å². The van der Waals surface area contributed by atoms with Crippen LogP contribution in [0, 0.1) is 6.92 Å². The molecule has 0 atom stereocenters. The Labute approximate surface area is 147 Å². The summed E-state index contributed by atoms with van der Waals surface area (Å²) in [6, 6.07) is 10.3. The Morgan fingerprint density at radius 2 is 2.08 bits per heavy atom. The zero-order valence-electron chi connectivity index (χ0n) is 13.1. The van der Waals surface area contributed by atoms with Gasteiger partial charge in [-0.3, -0.25) is 0 Å². The van der Waals surface area contributed by atoms with Gasteiger partial charge in [0.2, 0.25) is 0 Å². The zero-order valence-corrected chi connectivity index (χ0v) is 13.9. The zero-order chi connectivity index (χ0) is 17.6. The number of aryl methyl sites for hydroxylation is 1. The minimum atomic E-state index is -0.634. The van der Waals surface area contributed by atoms with E-state index in [4.69, 9.17) is 16.0 Å². The number of aromatic hydroxyl groups is 1. The first-order valence-electron chi connectivity index (χ1n) is 7.47. The maximum absolute atomic E-state index is 12.2. The molecular formula is C18H12ClN3O3. The summed E-state index contributed by atoms with van der Waals surface area (Å²) in [5.74, 6) is 0.165. The third kappa shape index (κ3) is 2.56. The molecule has 0 saturated heterocycles. The summed E-state index contributed by atoms with van der Waals surface area (Å²) in [6.45, 7) is 1.60. The summed E-state index contributed by atoms with van der Waals surface area (Å²) in [7, 11) is 0. The van der Waals surface area contributed by atoms with Crippen molar-refractivity contribution in [2.24, 2.45) is 0 Å². The standard InChI is InChI=1S/C18H12ClN3O3/c1-10-7-15(23)16(18(24)25-10)14-5-6-20-17-13(9-21-22(14)17)11-3-2-4-12(19)8-11/h2-9,23H,1H3. The van der Waals surface area contributed by atoms with Gasteiger partial charge >= 0.3 is 5.63 Å². The predicted molar refractivity (Wildman–Crippen MR) is 93.8 cm³/mol. The number of halogens is 1. The van der Waals surface area contributed by atoms with Crippen LogP contribution in [0.1, 0.15) is 5.76 Å². The van der Waals surface area contributed by atoms with Gasteiger partial charge in [-0.05, 0) is 30.7 Å². The molecule has 0 aliphatic rings. The van der Waals surface area contributed by atoms with E-state index < -0.39 is 5.63 Å². The van der Waals surface area contributed by atoms with Crippen molar-refractivity contribution in [3.8, 4) is 28.1 Å². The third-order valence-corrected chi connectivity index (χ3v) is 4.08. The molecule has 124 valence electrons. The number of hydrogen-bond acceptors (Lipinski definition) is 5. The summed E-state index contributed by atoms with van der Waals surface area (Å²) in [5, 5.41) is 15.1. The highest BCUT2D eigenvalue weighted by atomic mass is 35.5. The van der Waals surface area contributed by atoms with E-state index >= 15 is 0 Å². The van der Waals surface area contributed by atoms with Crippen LogP contribution in [0.25, 0.3) is 28.0 Å². The van der Waals surface area contributed by atoms with Crippen molar-refractivity contribution in [1.29, 1.82) is 0 Å². The highest BCUT2D eigenvalue weighted by Crippen LogP contribution is 2.30. The molecule has 7 heteroatoms. The lowest BCUT2D eigenvalue weighted by Crippen LogP contribution is -2.08. The van der Waals surface area contributed by atoms with Crippen LogP contribution in [0.3, 0.4) is 0 Å². The van der Waals surface area contributed by atoms with Crippen LogP contribution < -0.4 is 5.63 Å². The summed E-state index contributed by atoms with van der Waals surface area (Å²) in [6.07, 6.45) is 3.20. The molecule has 4 aromatic rings. The van der Waals surface area contributed by atoms with E-state index in [9.17, 15) is 9.90 Å². The van der Waals surface area contributed by atoms with E-state index in [1.807, 2.05) is 18.2 Å². The molecule has 1 N–H and O–H groups in total. The Morgan fingerprint density at radius 3 is 2.84 bits per heavy atom. The number of rotatable bonds is 2. The van der Waals surface area contributed by atoms with Gasteiger partial charge < -0.3 is 9.52 Å². The van der Waals surface area contributed by atoms with E-state index in [1.165, 1.54) is 10.6 Å². The molecule has 3 aromatic heterocycles. The molecule has 0 saturated carbocycles. The second-order valence-electron chi connectivity index (χ2n) is 5.54. The maximum Gasteiger partial charge on any atom is 0.349 e. The average Bonchev–Trinajstić information content (AvgIpc) is 2.99. The molecule has 4 rings (SSSR count). The van der Waals surface area contributed by atoms with E-state index in [1.54, 1.807) is 31.5 Å². The topological polar surface area (TPSA) is 80.6 Å². The summed E-state index contributed by atoms with van der Waals surface area (Å²) in [5.41, 5.74) is 1.96. The van der Waals surface area contributed by atoms with Gasteiger partial charge in [-0.1, -0.05) is 23.7 Å². The van der Waals surface area contributed by atoms with Crippen LogP contribution in [0.5, 0.6) is 5.75 Å². The number of hydrogen-bond donors (Lipinski definition) is 1. The van der Waals surface area contributed by atoms with Gasteiger partial charge in [-0.15, -0.1) is 0 Å². The largest absolute Gasteiger partial charge is 0.507 e. The Kier molecular flexibility index (Phi) is 3.54. The minimum Gasteiger partial charge on any atom is -0.507 e. The number of aromatic nitrogens is 3. The SMILES string of the molecule is Cc1cc(O)c(-c2ccnc3c(-c4cccc(Cl)c4)cnn23)c(=O)o1. The Bertz CT molecular complexity index is 1160. The van der Waals surface area contributed by atoms with Gasteiger partial charge in [0.05, 0.1) is 11.9 Å². The van der Waals surface area contributed by atoms with Crippen LogP contribution in [-0.4, -0.2) is 19.7 Å². The second kappa shape index (κ2) is 5.75. The average molecular weight is 354 g/mol. The van der Waals surface area contributed by atoms with Gasteiger partial charge in [-0.2, -0.15) is 5.10 Å². The van der Waals surface area contributed by atoms with Gasteiger partial charge in [0.15, 0.2) is 5.65 Å². The lowest BCUT2D eigenvalue weighted by molar-refractivity contribution is 0.437. The fourth-order valence-corrected chi connectivity index (χ4v) is 2.96. The van der Waals surface area contributed by atoms with E-state index in [0.29, 0.717) is 22.1 Å². The van der Waals surface area contributed by atoms with E-state index in [2.05, 4.69) is 10.1 Å². The quantitative estimate of drug-likeness (QED) is 0.594. The molecule has 3 heterocycles. The summed E-state index contributed by atoms with van der Waals surface area (Å²) >= 11 is 6.06. The highest BCUT2D eigenvalue weighted by molar-refractivity contribution is 6.30. The highest BCUT2D eigenvalue weighted by Gasteiger charge is 2.18. The van der Waals surface area contributed by atoms with Crippen molar-refractivity contribution in [1.82, 2.24) is 14.6 Å². The molecule has 0 fully saturated rings. The monoisotopic (exact) mass is 353 g/mol. The second-order valence-corrected chi connectivity index (χ2v) is 5.98. The molecule has 6 nitrogen and oxygen atoms in total. The Morgan fingerprint density at radius 1 is 1.24 bits per heavy atom. The number of nitrogens with zero attached hydrogens (tertiary/aromatic N) is 3. The normalized spacial score (nSPS) is 11.1. The lowest BCUT2D eigenvalue weighted by atomic mass is 10.1. The van der Waals surface area contributed by atoms with Crippen LogP contribution in [0.4, 0.5) is 0 Å². The van der Waals surface area contributed by atoms with Crippen molar-refractivity contribution in [2.45, 2.75) is 6.92 Å². The van der Waals surface area contributed by atoms with Crippen LogP contribution >= 0.6 is 11.6 Å². The van der Waals surface area contributed by atoms with Crippen molar-refractivity contribution >= 4 is 17.2 Å². The van der Waals surface area contributed by atoms with Crippen molar-refractivity contribution in [3.63, 3.8) is 0 Å². The molecule has 0 amide bonds. The molecule has 25 heavy (non-hydrogen) atoms. The fourth-order valence-electron chi connectivity index (χ4n) is 2.77. The first-order chi connectivity index (χ1) is 12.0. The van der Waals surface area contributed by atoms with Crippen LogP contribution in [0.15, 0.2) is 58.0 Å². The summed E-state index contributed by atoms with van der Waals surface area (Å²) in [4.78, 5) is 16.6. The molecular weight excluding hydrogens is 342 g/mol. The first kappa shape index (κ1) is 15.4. The molecule has 0 aliphatic carbocycles. The Balaban J connectivity index is 1.99. The molecule has 0 radical (unpaired) electrons. The maximum atomic E-state index is 12.2. The fraction of sp³-hybridized carbons (Fsp3) is 0.0556. The number of benzene rings is 1. The molecule has 0 aliphatic heterocycles. The van der Waals surface area contributed by atoms with Gasteiger partial charge in [0, 0.05) is 22.8 Å². The van der Waals surface area contributed by atoms with Crippen molar-refractivity contribution in [3.05, 3.63) is 70.0 Å². The van der Waals surface area contributed by atoms with Gasteiger partial charge in [-0.25, -0.2) is 14.3 Å². The Hall–Kier alpha value is -3.12. The predicted octanol–water partition coefficient (Wildman–Crippen LogP) is 3.68. The van der Waals surface area contributed by atoms with Gasteiger partial charge in [0.1, 0.15) is 17.1 Å². The molecule has 0 bridgehead atoms. The van der Waals surface area contributed by atoms with Crippen molar-refractivity contribution in [2.75, 3.05) is 0 Å². The minimum absolute atomic E-state index is 0.0405. The lowest BCUT2D eigenvalue weighted by Gasteiger charge is -2.06. The smallest absolute Gasteiger partial charge is 0.349 e. The molecule has 0 spiro atoms. The van der Waals surface area contributed by atoms with Crippen LogP contribution in [0.2, 0.25) is 5.02 Å². The molecule has 1 aromatic carbocycles. The van der Waals surface area contributed by atoms with Crippen molar-refractivity contribution < 1.29 is 9.52 Å².